The number of hydrogen-bond acceptors (Lipinski definition) is 4. The SMILES string of the molecule is CC(N)C(C)(C)NC(=O)c1cc(O)cc(O)c1. The van der Waals surface area contributed by atoms with Gasteiger partial charge < -0.3 is 21.3 Å². The van der Waals surface area contributed by atoms with Gasteiger partial charge in [0.15, 0.2) is 0 Å². The molecule has 0 bridgehead atoms. The van der Waals surface area contributed by atoms with Crippen LogP contribution < -0.4 is 11.1 Å². The van der Waals surface area contributed by atoms with Crippen molar-refractivity contribution in [2.24, 2.45) is 5.73 Å². The Morgan fingerprint density at radius 1 is 1.29 bits per heavy atom. The lowest BCUT2D eigenvalue weighted by Gasteiger charge is -2.30. The van der Waals surface area contributed by atoms with Gasteiger partial charge in [0.05, 0.1) is 0 Å². The van der Waals surface area contributed by atoms with E-state index in [0.717, 1.165) is 6.07 Å². The average Bonchev–Trinajstić information content (AvgIpc) is 2.15. The minimum atomic E-state index is -0.571. The number of aromatic hydroxyl groups is 2. The van der Waals surface area contributed by atoms with Crippen molar-refractivity contribution in [3.8, 4) is 11.5 Å². The second-order valence-corrected chi connectivity index (χ2v) is 4.70. The molecule has 17 heavy (non-hydrogen) atoms. The number of carbonyl (C=O) groups is 1. The Bertz CT molecular complexity index is 408. The van der Waals surface area contributed by atoms with Gasteiger partial charge in [0.2, 0.25) is 0 Å². The minimum Gasteiger partial charge on any atom is -0.508 e. The third-order valence-corrected chi connectivity index (χ3v) is 2.74. The predicted molar refractivity (Wildman–Crippen MR) is 65.0 cm³/mol. The normalized spacial score (nSPS) is 13.2. The number of rotatable bonds is 3. The lowest BCUT2D eigenvalue weighted by molar-refractivity contribution is 0.0902. The molecule has 0 radical (unpaired) electrons. The monoisotopic (exact) mass is 238 g/mol. The molecule has 0 saturated carbocycles. The Morgan fingerprint density at radius 2 is 1.76 bits per heavy atom. The van der Waals surface area contributed by atoms with Crippen molar-refractivity contribution in [1.29, 1.82) is 0 Å². The van der Waals surface area contributed by atoms with Gasteiger partial charge >= 0.3 is 0 Å². The molecular formula is C12H18N2O3. The highest BCUT2D eigenvalue weighted by Crippen LogP contribution is 2.21. The highest BCUT2D eigenvalue weighted by molar-refractivity contribution is 5.95. The van der Waals surface area contributed by atoms with Crippen LogP contribution in [0, 0.1) is 0 Å². The van der Waals surface area contributed by atoms with Crippen molar-refractivity contribution in [2.75, 3.05) is 0 Å². The molecule has 1 amide bonds. The summed E-state index contributed by atoms with van der Waals surface area (Å²) in [5, 5.41) is 21.3. The molecule has 1 aromatic carbocycles. The van der Waals surface area contributed by atoms with Crippen LogP contribution in [0.3, 0.4) is 0 Å². The smallest absolute Gasteiger partial charge is 0.252 e. The van der Waals surface area contributed by atoms with Crippen LogP contribution >= 0.6 is 0 Å². The van der Waals surface area contributed by atoms with E-state index in [2.05, 4.69) is 5.32 Å². The molecule has 1 atom stereocenters. The van der Waals surface area contributed by atoms with Gasteiger partial charge in [-0.15, -0.1) is 0 Å². The zero-order valence-corrected chi connectivity index (χ0v) is 10.2. The molecule has 0 fully saturated rings. The highest BCUT2D eigenvalue weighted by Gasteiger charge is 2.25. The number of phenolic OH excluding ortho intramolecular Hbond substituents is 2. The van der Waals surface area contributed by atoms with E-state index >= 15 is 0 Å². The van der Waals surface area contributed by atoms with E-state index in [9.17, 15) is 15.0 Å². The van der Waals surface area contributed by atoms with Gasteiger partial charge in [-0.05, 0) is 32.9 Å². The van der Waals surface area contributed by atoms with Gasteiger partial charge in [0.25, 0.3) is 5.91 Å². The predicted octanol–water partition coefficient (Wildman–Crippen LogP) is 0.953. The van der Waals surface area contributed by atoms with Crippen molar-refractivity contribution < 1.29 is 15.0 Å². The summed E-state index contributed by atoms with van der Waals surface area (Å²) in [4.78, 5) is 11.9. The Labute approximate surface area is 100 Å². The van der Waals surface area contributed by atoms with Crippen LogP contribution in [0.2, 0.25) is 0 Å². The summed E-state index contributed by atoms with van der Waals surface area (Å²) in [6.07, 6.45) is 0. The molecule has 1 rings (SSSR count). The van der Waals surface area contributed by atoms with Crippen molar-refractivity contribution >= 4 is 5.91 Å². The van der Waals surface area contributed by atoms with Gasteiger partial charge in [-0.2, -0.15) is 0 Å². The van der Waals surface area contributed by atoms with Gasteiger partial charge in [0.1, 0.15) is 11.5 Å². The molecule has 5 N–H and O–H groups in total. The van der Waals surface area contributed by atoms with Crippen LogP contribution in [0.1, 0.15) is 31.1 Å². The van der Waals surface area contributed by atoms with Gasteiger partial charge in [-0.3, -0.25) is 4.79 Å². The summed E-state index contributed by atoms with van der Waals surface area (Å²) in [6.45, 7) is 5.40. The molecule has 94 valence electrons. The molecule has 5 nitrogen and oxygen atoms in total. The first-order chi connectivity index (χ1) is 7.72. The number of nitrogens with one attached hydrogen (secondary N) is 1. The van der Waals surface area contributed by atoms with Crippen LogP contribution in [0.4, 0.5) is 0 Å². The van der Waals surface area contributed by atoms with Crippen LogP contribution in [0.15, 0.2) is 18.2 Å². The molecule has 0 aromatic heterocycles. The molecule has 0 heterocycles. The molecule has 0 spiro atoms. The molecular weight excluding hydrogens is 220 g/mol. The van der Waals surface area contributed by atoms with E-state index in [1.807, 2.05) is 0 Å². The number of nitrogens with two attached hydrogens (primary N) is 1. The van der Waals surface area contributed by atoms with Crippen LogP contribution in [-0.4, -0.2) is 27.7 Å². The molecule has 0 saturated heterocycles. The van der Waals surface area contributed by atoms with E-state index in [-0.39, 0.29) is 23.1 Å². The number of benzene rings is 1. The van der Waals surface area contributed by atoms with E-state index in [1.54, 1.807) is 20.8 Å². The van der Waals surface area contributed by atoms with E-state index in [1.165, 1.54) is 12.1 Å². The minimum absolute atomic E-state index is 0.159. The van der Waals surface area contributed by atoms with Gasteiger partial charge in [-0.25, -0.2) is 0 Å². The van der Waals surface area contributed by atoms with E-state index in [0.29, 0.717) is 0 Å². The Morgan fingerprint density at radius 3 is 2.18 bits per heavy atom. The third-order valence-electron chi connectivity index (χ3n) is 2.74. The van der Waals surface area contributed by atoms with Crippen molar-refractivity contribution in [3.05, 3.63) is 23.8 Å². The highest BCUT2D eigenvalue weighted by atomic mass is 16.3. The summed E-state index contributed by atoms with van der Waals surface area (Å²) in [5.74, 6) is -0.707. The standard InChI is InChI=1S/C12H18N2O3/c1-7(13)12(2,3)14-11(17)8-4-9(15)6-10(16)5-8/h4-7,15-16H,13H2,1-3H3,(H,14,17). The maximum absolute atomic E-state index is 11.9. The maximum atomic E-state index is 11.9. The van der Waals surface area contributed by atoms with E-state index < -0.39 is 11.4 Å². The topological polar surface area (TPSA) is 95.6 Å². The molecule has 1 aromatic rings. The number of phenols is 2. The first-order valence-electron chi connectivity index (χ1n) is 5.33. The lowest BCUT2D eigenvalue weighted by Crippen LogP contribution is -2.54. The summed E-state index contributed by atoms with van der Waals surface area (Å²) >= 11 is 0. The van der Waals surface area contributed by atoms with Crippen molar-refractivity contribution in [3.63, 3.8) is 0 Å². The fourth-order valence-electron chi connectivity index (χ4n) is 1.20. The molecule has 0 aliphatic carbocycles. The Balaban J connectivity index is 2.91. The second-order valence-electron chi connectivity index (χ2n) is 4.70. The average molecular weight is 238 g/mol. The zero-order valence-electron chi connectivity index (χ0n) is 10.2. The maximum Gasteiger partial charge on any atom is 0.252 e. The largest absolute Gasteiger partial charge is 0.508 e. The first-order valence-corrected chi connectivity index (χ1v) is 5.33. The molecule has 5 heteroatoms. The van der Waals surface area contributed by atoms with Crippen LogP contribution in [0.25, 0.3) is 0 Å². The summed E-state index contributed by atoms with van der Waals surface area (Å²) in [6, 6.07) is 3.50. The molecule has 1 unspecified atom stereocenters. The van der Waals surface area contributed by atoms with Crippen molar-refractivity contribution in [2.45, 2.75) is 32.4 Å². The Kier molecular flexibility index (Phi) is 3.63. The Hall–Kier alpha value is -1.75. The second kappa shape index (κ2) is 4.63. The number of amides is 1. The fourth-order valence-corrected chi connectivity index (χ4v) is 1.20. The quantitative estimate of drug-likeness (QED) is 0.630. The first kappa shape index (κ1) is 13.3. The van der Waals surface area contributed by atoms with E-state index in [4.69, 9.17) is 5.73 Å². The zero-order chi connectivity index (χ0) is 13.2. The third kappa shape index (κ3) is 3.35. The fraction of sp³-hybridized carbons (Fsp3) is 0.417. The molecule has 0 aliphatic rings. The van der Waals surface area contributed by atoms with Crippen LogP contribution in [0.5, 0.6) is 11.5 Å². The summed E-state index contributed by atoms with van der Waals surface area (Å²) in [7, 11) is 0. The van der Waals surface area contributed by atoms with Crippen molar-refractivity contribution in [1.82, 2.24) is 5.32 Å². The summed E-state index contributed by atoms with van der Waals surface area (Å²) < 4.78 is 0. The number of hydrogen-bond donors (Lipinski definition) is 4. The lowest BCUT2D eigenvalue weighted by atomic mass is 9.96. The summed E-state index contributed by atoms with van der Waals surface area (Å²) in [5.41, 5.74) is 5.36. The van der Waals surface area contributed by atoms with Crippen LogP contribution in [-0.2, 0) is 0 Å². The number of carbonyl (C=O) groups excluding carboxylic acids is 1. The van der Waals surface area contributed by atoms with Gasteiger partial charge in [-0.1, -0.05) is 0 Å². The molecule has 0 aliphatic heterocycles. The van der Waals surface area contributed by atoms with Gasteiger partial charge in [0, 0.05) is 23.2 Å².